The molecule has 152 valence electrons. The Bertz CT molecular complexity index is 1250. The van der Waals surface area contributed by atoms with E-state index in [1.165, 1.54) is 30.1 Å². The lowest BCUT2D eigenvalue weighted by Gasteiger charge is -2.21. The predicted molar refractivity (Wildman–Crippen MR) is 115 cm³/mol. The van der Waals surface area contributed by atoms with E-state index < -0.39 is 5.82 Å². The Kier molecular flexibility index (Phi) is 5.18. The number of anilines is 2. The lowest BCUT2D eigenvalue weighted by atomic mass is 10.0. The van der Waals surface area contributed by atoms with Crippen LogP contribution in [0.4, 0.5) is 15.8 Å². The molecule has 0 aliphatic heterocycles. The zero-order chi connectivity index (χ0) is 21.3. The van der Waals surface area contributed by atoms with Crippen molar-refractivity contribution in [3.63, 3.8) is 0 Å². The largest absolute Gasteiger partial charge is 0.422 e. The summed E-state index contributed by atoms with van der Waals surface area (Å²) < 4.78 is 20.2. The van der Waals surface area contributed by atoms with Gasteiger partial charge in [-0.25, -0.2) is 4.39 Å². The lowest BCUT2D eigenvalue weighted by Crippen LogP contribution is -2.11. The summed E-state index contributed by atoms with van der Waals surface area (Å²) in [5.74, 6) is -0.148. The van der Waals surface area contributed by atoms with Crippen LogP contribution in [0.1, 0.15) is 25.3 Å². The van der Waals surface area contributed by atoms with Crippen molar-refractivity contribution >= 4 is 22.3 Å². The maximum absolute atomic E-state index is 14.7. The fraction of sp³-hybridized carbons (Fsp3) is 0.174. The van der Waals surface area contributed by atoms with E-state index in [1.807, 2.05) is 24.1 Å². The molecule has 4 aromatic rings. The van der Waals surface area contributed by atoms with E-state index in [9.17, 15) is 9.18 Å². The first kappa shape index (κ1) is 19.6. The summed E-state index contributed by atoms with van der Waals surface area (Å²) in [4.78, 5) is 24.7. The van der Waals surface area contributed by atoms with Gasteiger partial charge in [0.15, 0.2) is 11.6 Å². The molecule has 0 fully saturated rings. The smallest absolute Gasteiger partial charge is 0.302 e. The van der Waals surface area contributed by atoms with Gasteiger partial charge in [0.05, 0.1) is 17.1 Å². The zero-order valence-corrected chi connectivity index (χ0v) is 16.9. The van der Waals surface area contributed by atoms with Crippen molar-refractivity contribution in [3.05, 3.63) is 82.7 Å². The number of fused-ring (bicyclic) bond motifs is 1. The number of H-pyrrole nitrogens is 1. The number of nitrogens with one attached hydrogen (secondary N) is 1. The van der Waals surface area contributed by atoms with Crippen molar-refractivity contribution in [2.75, 3.05) is 11.9 Å². The Hall–Kier alpha value is -3.74. The molecule has 2 aromatic carbocycles. The van der Waals surface area contributed by atoms with Gasteiger partial charge in [0, 0.05) is 30.7 Å². The average molecular weight is 404 g/mol. The van der Waals surface area contributed by atoms with Crippen molar-refractivity contribution < 1.29 is 9.13 Å². The highest BCUT2D eigenvalue weighted by molar-refractivity contribution is 5.76. The number of aromatic nitrogens is 3. The van der Waals surface area contributed by atoms with E-state index in [0.717, 1.165) is 5.69 Å². The highest BCUT2D eigenvalue weighted by Gasteiger charge is 2.12. The molecule has 0 saturated heterocycles. The van der Waals surface area contributed by atoms with Gasteiger partial charge in [0.2, 0.25) is 0 Å². The van der Waals surface area contributed by atoms with Gasteiger partial charge in [-0.15, -0.1) is 0 Å². The summed E-state index contributed by atoms with van der Waals surface area (Å²) in [6.07, 6.45) is 2.96. The second kappa shape index (κ2) is 7.94. The van der Waals surface area contributed by atoms with Crippen molar-refractivity contribution in [2.45, 2.75) is 19.8 Å². The topological polar surface area (TPSA) is 71.1 Å². The molecule has 2 heterocycles. The first-order valence-corrected chi connectivity index (χ1v) is 9.57. The van der Waals surface area contributed by atoms with Gasteiger partial charge in [0.25, 0.3) is 5.56 Å². The first-order chi connectivity index (χ1) is 14.4. The van der Waals surface area contributed by atoms with Crippen LogP contribution in [-0.2, 0) is 0 Å². The zero-order valence-electron chi connectivity index (χ0n) is 16.9. The second-order valence-corrected chi connectivity index (χ2v) is 7.29. The Morgan fingerprint density at radius 2 is 1.80 bits per heavy atom. The summed E-state index contributed by atoms with van der Waals surface area (Å²) >= 11 is 0. The van der Waals surface area contributed by atoms with Crippen LogP contribution in [0.25, 0.3) is 10.9 Å². The van der Waals surface area contributed by atoms with E-state index in [-0.39, 0.29) is 17.3 Å². The minimum absolute atomic E-state index is 0.0336. The number of rotatable bonds is 5. The third-order valence-corrected chi connectivity index (χ3v) is 4.94. The number of aromatic amines is 1. The maximum atomic E-state index is 14.7. The minimum atomic E-state index is -0.563. The Balaban J connectivity index is 1.58. The summed E-state index contributed by atoms with van der Waals surface area (Å²) in [6.45, 7) is 4.28. The van der Waals surface area contributed by atoms with Crippen molar-refractivity contribution in [2.24, 2.45) is 0 Å². The molecule has 0 aliphatic carbocycles. The van der Waals surface area contributed by atoms with Gasteiger partial charge < -0.3 is 9.64 Å². The van der Waals surface area contributed by atoms with Crippen molar-refractivity contribution in [1.29, 1.82) is 0 Å². The Labute approximate surface area is 173 Å². The molecule has 0 atom stereocenters. The summed E-state index contributed by atoms with van der Waals surface area (Å²) in [7, 11) is 1.87. The highest BCUT2D eigenvalue weighted by atomic mass is 19.1. The summed E-state index contributed by atoms with van der Waals surface area (Å²) in [5, 5.41) is 0.387. The van der Waals surface area contributed by atoms with Crippen LogP contribution in [0.2, 0.25) is 0 Å². The molecule has 0 bridgehead atoms. The molecule has 6 nitrogen and oxygen atoms in total. The number of hydrogen-bond donors (Lipinski definition) is 1. The standard InChI is InChI=1S/C23H21FN4O2/c1-14(2)15-4-6-16(7-5-15)28(3)17-8-9-21(19(24)12-17)30-23-26-20-13-25-11-10-18(20)22(29)27-23/h4-14H,1-3H3,(H,26,27,29). The molecule has 0 spiro atoms. The van der Waals surface area contributed by atoms with E-state index >= 15 is 0 Å². The molecule has 0 aliphatic rings. The molecule has 2 aromatic heterocycles. The lowest BCUT2D eigenvalue weighted by molar-refractivity contribution is 0.412. The fourth-order valence-electron chi connectivity index (χ4n) is 3.13. The molecule has 30 heavy (non-hydrogen) atoms. The molecule has 4 rings (SSSR count). The van der Waals surface area contributed by atoms with Crippen LogP contribution < -0.4 is 15.2 Å². The monoisotopic (exact) mass is 404 g/mol. The molecule has 7 heteroatoms. The van der Waals surface area contributed by atoms with E-state index in [0.29, 0.717) is 22.5 Å². The fourth-order valence-corrected chi connectivity index (χ4v) is 3.13. The maximum Gasteiger partial charge on any atom is 0.302 e. The Morgan fingerprint density at radius 3 is 2.50 bits per heavy atom. The van der Waals surface area contributed by atoms with Crippen molar-refractivity contribution in [3.8, 4) is 11.8 Å². The molecular weight excluding hydrogens is 383 g/mol. The predicted octanol–water partition coefficient (Wildman–Crippen LogP) is 5.14. The number of pyridine rings is 1. The van der Waals surface area contributed by atoms with Gasteiger partial charge >= 0.3 is 6.01 Å². The number of nitrogens with zero attached hydrogens (tertiary/aromatic N) is 3. The van der Waals surface area contributed by atoms with E-state index in [4.69, 9.17) is 4.74 Å². The number of hydrogen-bond acceptors (Lipinski definition) is 5. The first-order valence-electron chi connectivity index (χ1n) is 9.57. The third-order valence-electron chi connectivity index (χ3n) is 4.94. The molecular formula is C23H21FN4O2. The quantitative estimate of drug-likeness (QED) is 0.499. The van der Waals surface area contributed by atoms with Crippen LogP contribution >= 0.6 is 0 Å². The van der Waals surface area contributed by atoms with Crippen LogP contribution in [0.3, 0.4) is 0 Å². The van der Waals surface area contributed by atoms with Gasteiger partial charge in [-0.2, -0.15) is 4.98 Å². The van der Waals surface area contributed by atoms with Gasteiger partial charge in [-0.3, -0.25) is 14.8 Å². The summed E-state index contributed by atoms with van der Waals surface area (Å²) in [5.41, 5.74) is 2.85. The minimum Gasteiger partial charge on any atom is -0.422 e. The van der Waals surface area contributed by atoms with E-state index in [1.54, 1.807) is 12.1 Å². The number of benzene rings is 2. The highest BCUT2D eigenvalue weighted by Crippen LogP contribution is 2.30. The van der Waals surface area contributed by atoms with Crippen LogP contribution in [0.15, 0.2) is 65.7 Å². The molecule has 0 saturated carbocycles. The number of halogens is 1. The number of ether oxygens (including phenoxy) is 1. The van der Waals surface area contributed by atoms with Crippen molar-refractivity contribution in [1.82, 2.24) is 15.0 Å². The normalized spacial score (nSPS) is 11.1. The second-order valence-electron chi connectivity index (χ2n) is 7.29. The Morgan fingerprint density at radius 1 is 1.07 bits per heavy atom. The van der Waals surface area contributed by atoms with Crippen LogP contribution in [0, 0.1) is 5.82 Å². The van der Waals surface area contributed by atoms with Crippen LogP contribution in [-0.4, -0.2) is 22.0 Å². The average Bonchev–Trinajstić information content (AvgIpc) is 2.75. The van der Waals surface area contributed by atoms with E-state index in [2.05, 4.69) is 40.9 Å². The van der Waals surface area contributed by atoms with Gasteiger partial charge in [-0.1, -0.05) is 26.0 Å². The molecule has 0 amide bonds. The molecule has 0 radical (unpaired) electrons. The molecule has 0 unspecified atom stereocenters. The third kappa shape index (κ3) is 3.87. The van der Waals surface area contributed by atoms with Crippen LogP contribution in [0.5, 0.6) is 11.8 Å². The molecule has 1 N–H and O–H groups in total. The van der Waals surface area contributed by atoms with Gasteiger partial charge in [-0.05, 0) is 41.8 Å². The summed E-state index contributed by atoms with van der Waals surface area (Å²) in [6, 6.07) is 14.3. The SMILES string of the molecule is CC(C)c1ccc(N(C)c2ccc(Oc3nc4cnccc4c(=O)[nH]3)c(F)c2)cc1. The van der Waals surface area contributed by atoms with Gasteiger partial charge in [0.1, 0.15) is 0 Å².